The van der Waals surface area contributed by atoms with Crippen molar-refractivity contribution in [1.82, 2.24) is 9.97 Å². The number of aromatic nitrogens is 2. The lowest BCUT2D eigenvalue weighted by Crippen LogP contribution is -2.34. The number of thioether (sulfide) groups is 1. The molecule has 7 nitrogen and oxygen atoms in total. The first-order valence-electron chi connectivity index (χ1n) is 14.3. The molecule has 0 saturated heterocycles. The van der Waals surface area contributed by atoms with Crippen molar-refractivity contribution in [1.29, 1.82) is 0 Å². The van der Waals surface area contributed by atoms with Crippen molar-refractivity contribution < 1.29 is 10.2 Å². The average Bonchev–Trinajstić information content (AvgIpc) is 3.21. The second kappa shape index (κ2) is 13.7. The third-order valence-corrected chi connectivity index (χ3v) is 9.31. The Morgan fingerprint density at radius 1 is 1.27 bits per heavy atom. The van der Waals surface area contributed by atoms with Crippen LogP contribution in [0.2, 0.25) is 5.02 Å². The van der Waals surface area contributed by atoms with Crippen molar-refractivity contribution in [2.75, 3.05) is 0 Å². The number of aliphatic hydroxyl groups excluding tert-OH is 1. The van der Waals surface area contributed by atoms with Gasteiger partial charge in [-0.25, -0.2) is 9.98 Å². The van der Waals surface area contributed by atoms with Gasteiger partial charge in [-0.15, -0.1) is 0 Å². The van der Waals surface area contributed by atoms with Crippen LogP contribution in [0.3, 0.4) is 0 Å². The minimum atomic E-state index is -1.65. The van der Waals surface area contributed by atoms with Gasteiger partial charge in [0.1, 0.15) is 5.04 Å². The van der Waals surface area contributed by atoms with Gasteiger partial charge < -0.3 is 26.7 Å². The minimum absolute atomic E-state index is 0.148. The van der Waals surface area contributed by atoms with Crippen LogP contribution in [-0.2, 0) is 6.42 Å². The van der Waals surface area contributed by atoms with E-state index in [1.165, 1.54) is 11.8 Å². The summed E-state index contributed by atoms with van der Waals surface area (Å²) >= 11 is 8.31. The van der Waals surface area contributed by atoms with Crippen LogP contribution < -0.4 is 22.0 Å². The zero-order chi connectivity index (χ0) is 29.8. The first-order chi connectivity index (χ1) is 19.5. The van der Waals surface area contributed by atoms with Gasteiger partial charge in [0.25, 0.3) is 0 Å². The lowest BCUT2D eigenvalue weighted by molar-refractivity contribution is -0.0456. The fraction of sp³-hybridized carbons (Fsp3) is 0.438. The molecular weight excluding hydrogens is 554 g/mol. The summed E-state index contributed by atoms with van der Waals surface area (Å²) in [6.45, 7) is 14.5. The van der Waals surface area contributed by atoms with Gasteiger partial charge in [-0.1, -0.05) is 56.4 Å². The number of nitrogens with two attached hydrogens (primary N) is 2. The molecule has 0 spiro atoms. The maximum Gasteiger partial charge on any atom is 0.196 e. The molecule has 41 heavy (non-hydrogen) atoms. The Balaban J connectivity index is 1.76. The van der Waals surface area contributed by atoms with Crippen LogP contribution in [0.15, 0.2) is 46.3 Å². The van der Waals surface area contributed by atoms with Gasteiger partial charge in [0.15, 0.2) is 6.29 Å². The average molecular weight is 596 g/mol. The smallest absolute Gasteiger partial charge is 0.196 e. The molecule has 1 atom stereocenters. The van der Waals surface area contributed by atoms with E-state index in [-0.39, 0.29) is 23.7 Å². The number of aliphatic hydroxyl groups is 2. The third-order valence-electron chi connectivity index (χ3n) is 7.77. The van der Waals surface area contributed by atoms with Gasteiger partial charge in [0.05, 0.1) is 21.9 Å². The predicted octanol–water partition coefficient (Wildman–Crippen LogP) is 5.16. The summed E-state index contributed by atoms with van der Waals surface area (Å²) in [6.07, 6.45) is 4.28. The highest BCUT2D eigenvalue weighted by Gasteiger charge is 2.29. The zero-order valence-electron chi connectivity index (χ0n) is 24.2. The second-order valence-corrected chi connectivity index (χ2v) is 12.5. The highest BCUT2D eigenvalue weighted by Crippen LogP contribution is 2.40. The molecule has 9 heteroatoms. The molecule has 1 unspecified atom stereocenters. The normalized spacial score (nSPS) is 19.0. The Morgan fingerprint density at radius 2 is 2.00 bits per heavy atom. The number of aromatic amines is 1. The molecule has 1 aromatic carbocycles. The van der Waals surface area contributed by atoms with E-state index in [1.807, 2.05) is 13.0 Å². The Labute approximate surface area is 251 Å². The summed E-state index contributed by atoms with van der Waals surface area (Å²) in [5.41, 5.74) is 16.9. The number of halogens is 1. The summed E-state index contributed by atoms with van der Waals surface area (Å²) in [7, 11) is 0. The van der Waals surface area contributed by atoms with Crippen molar-refractivity contribution in [3.63, 3.8) is 0 Å². The van der Waals surface area contributed by atoms with Crippen LogP contribution in [0.4, 0.5) is 0 Å². The number of benzene rings is 1. The number of aliphatic imine (C=N–C) groups is 1. The molecular formula is C32H42ClN5O2S. The molecule has 1 fully saturated rings. The Morgan fingerprint density at radius 3 is 2.59 bits per heavy atom. The van der Waals surface area contributed by atoms with Crippen LogP contribution >= 0.6 is 23.4 Å². The van der Waals surface area contributed by atoms with Crippen LogP contribution in [0.1, 0.15) is 88.5 Å². The molecule has 1 saturated carbocycles. The van der Waals surface area contributed by atoms with Crippen molar-refractivity contribution in [3.8, 4) is 0 Å². The molecule has 1 aliphatic carbocycles. The summed E-state index contributed by atoms with van der Waals surface area (Å²) in [5, 5.41) is 23.9. The maximum atomic E-state index is 9.92. The first kappa shape index (κ1) is 31.5. The number of hydrogen-bond donors (Lipinski definition) is 5. The summed E-state index contributed by atoms with van der Waals surface area (Å²) in [6, 6.07) is 8.20. The summed E-state index contributed by atoms with van der Waals surface area (Å²) in [4.78, 5) is 13.9. The topological polar surface area (TPSA) is 134 Å². The second-order valence-electron chi connectivity index (χ2n) is 11.0. The van der Waals surface area contributed by atoms with E-state index < -0.39 is 6.29 Å². The lowest BCUT2D eigenvalue weighted by Gasteiger charge is -2.33. The Kier molecular flexibility index (Phi) is 10.5. The number of fused-ring (bicyclic) bond motifs is 1. The number of nitrogens with one attached hydrogen (secondary N) is 1. The minimum Gasteiger partial charge on any atom is -0.363 e. The molecule has 7 N–H and O–H groups in total. The maximum absolute atomic E-state index is 9.92. The third kappa shape index (κ3) is 7.31. The number of aryl methyl sites for hydroxylation is 1. The predicted molar refractivity (Wildman–Crippen MR) is 172 cm³/mol. The monoisotopic (exact) mass is 595 g/mol. The number of H-pyrrole nitrogens is 1. The van der Waals surface area contributed by atoms with E-state index in [2.05, 4.69) is 49.1 Å². The van der Waals surface area contributed by atoms with E-state index >= 15 is 0 Å². The zero-order valence-corrected chi connectivity index (χ0v) is 25.8. The highest BCUT2D eigenvalue weighted by molar-refractivity contribution is 8.14. The van der Waals surface area contributed by atoms with Crippen LogP contribution in [0.5, 0.6) is 0 Å². The number of hydrogen-bond acceptors (Lipinski definition) is 7. The molecule has 220 valence electrons. The van der Waals surface area contributed by atoms with E-state index in [9.17, 15) is 10.2 Å². The Hall–Kier alpha value is -2.46. The first-order valence-corrected chi connectivity index (χ1v) is 15.5. The van der Waals surface area contributed by atoms with Gasteiger partial charge in [0.2, 0.25) is 0 Å². The molecule has 0 amide bonds. The molecule has 3 aromatic rings. The van der Waals surface area contributed by atoms with E-state index in [4.69, 9.17) is 28.1 Å². The van der Waals surface area contributed by atoms with E-state index in [1.54, 1.807) is 6.07 Å². The number of nitrogens with zero attached hydrogens (tertiary/aromatic N) is 2. The number of rotatable bonds is 11. The van der Waals surface area contributed by atoms with Gasteiger partial charge in [0, 0.05) is 38.6 Å². The number of pyridine rings is 1. The lowest BCUT2D eigenvalue weighted by atomic mass is 9.75. The summed E-state index contributed by atoms with van der Waals surface area (Å²) < 4.78 is 0. The standard InChI is InChI=1S/C32H42ClN5O2S/c1-6-20(34)9-8-10-26(29-18(5)36-25(7-2)30(29)33)38-31(17(3)4)41-22-11-12-23-24(19-13-21(35)14-19)16-28(32(39)40)37-27(23)15-22/h11-12,15-16,19-21,32,36,39-40H,3,5-10,13-14,34-35H2,1-2,4H3. The van der Waals surface area contributed by atoms with Gasteiger partial charge >= 0.3 is 0 Å². The summed E-state index contributed by atoms with van der Waals surface area (Å²) in [5.74, 6) is 0.285. The SMILES string of the molecule is C=C(C)C(=NC(CCCC(N)CC)=c1c(Cl)c(CC)[nH]c1=C)Sc1ccc2c(C3CC(N)C3)cc(C(O)O)nc2c1. The Bertz CT molecular complexity index is 1560. The van der Waals surface area contributed by atoms with E-state index in [0.29, 0.717) is 17.0 Å². The molecule has 2 aromatic heterocycles. The molecule has 0 radical (unpaired) electrons. The fourth-order valence-electron chi connectivity index (χ4n) is 5.25. The molecule has 4 rings (SSSR count). The van der Waals surface area contributed by atoms with Gasteiger partial charge in [-0.2, -0.15) is 0 Å². The van der Waals surface area contributed by atoms with Crippen molar-refractivity contribution in [2.24, 2.45) is 16.5 Å². The van der Waals surface area contributed by atoms with Crippen LogP contribution in [0.25, 0.3) is 23.2 Å². The van der Waals surface area contributed by atoms with E-state index in [0.717, 1.165) is 86.9 Å². The van der Waals surface area contributed by atoms with Crippen LogP contribution in [-0.4, -0.2) is 37.3 Å². The molecule has 0 bridgehead atoms. The fourth-order valence-corrected chi connectivity index (χ4v) is 6.51. The largest absolute Gasteiger partial charge is 0.363 e. The molecule has 2 heterocycles. The highest BCUT2D eigenvalue weighted by atomic mass is 35.5. The van der Waals surface area contributed by atoms with Gasteiger partial charge in [-0.3, -0.25) is 0 Å². The quantitative estimate of drug-likeness (QED) is 0.0900. The van der Waals surface area contributed by atoms with Crippen molar-refractivity contribution >= 4 is 51.6 Å². The van der Waals surface area contributed by atoms with Crippen molar-refractivity contribution in [2.45, 2.75) is 94.9 Å². The van der Waals surface area contributed by atoms with Crippen LogP contribution in [0, 0.1) is 0 Å². The van der Waals surface area contributed by atoms with Crippen molar-refractivity contribution in [3.05, 3.63) is 69.0 Å². The molecule has 1 aliphatic rings. The molecule has 0 aliphatic heterocycles. The van der Waals surface area contributed by atoms with Gasteiger partial charge in [-0.05, 0) is 87.1 Å².